The van der Waals surface area contributed by atoms with Crippen LogP contribution in [0.4, 0.5) is 0 Å². The number of hydrogen-bond donors (Lipinski definition) is 0. The molecule has 0 saturated carbocycles. The second-order valence-corrected chi connectivity index (χ2v) is 10.1. The summed E-state index contributed by atoms with van der Waals surface area (Å²) < 4.78 is 7.20. The smallest absolute Gasteiger partial charge is 0.308 e. The van der Waals surface area contributed by atoms with Gasteiger partial charge in [-0.3, -0.25) is 9.59 Å². The molecule has 2 aromatic carbocycles. The van der Waals surface area contributed by atoms with Crippen LogP contribution < -0.4 is 0 Å². The SMILES string of the molecule is CCCCc1nc(Cl)c(COC(=O)CCO[N+](=O)[O-])n1Cc1ccc(-c2ccccc2-c2nnn(C(=O)CCO[N+](=O)[O-])n2)cc1. The topological polar surface area (TPSA) is 210 Å². The zero-order chi connectivity index (χ0) is 33.1. The maximum atomic E-state index is 12.3. The van der Waals surface area contributed by atoms with Crippen LogP contribution in [0.15, 0.2) is 48.5 Å². The van der Waals surface area contributed by atoms with Crippen LogP contribution in [0, 0.1) is 20.2 Å². The Kier molecular flexibility index (Phi) is 11.7. The summed E-state index contributed by atoms with van der Waals surface area (Å²) in [6.45, 7) is 1.44. The Balaban J connectivity index is 1.51. The lowest BCUT2D eigenvalue weighted by molar-refractivity contribution is -0.757. The van der Waals surface area contributed by atoms with Gasteiger partial charge >= 0.3 is 5.97 Å². The van der Waals surface area contributed by atoms with Crippen molar-refractivity contribution in [2.24, 2.45) is 0 Å². The first-order chi connectivity index (χ1) is 22.2. The standard InChI is InChI=1S/C28H29ClN8O9/c1-2-3-8-24-30-27(29)23(18-44-26(39)14-16-46-37(42)43)34(24)17-19-9-11-20(12-10-19)21-6-4-5-7-22(21)28-31-33-35(32-28)25(38)13-15-45-36(40)41/h4-7,9-12H,2-3,8,13-18H2,1H3. The van der Waals surface area contributed by atoms with Crippen molar-refractivity contribution < 1.29 is 34.2 Å². The zero-order valence-corrected chi connectivity index (χ0v) is 25.4. The van der Waals surface area contributed by atoms with Crippen molar-refractivity contribution in [3.05, 3.63) is 91.0 Å². The molecule has 4 rings (SSSR count). The van der Waals surface area contributed by atoms with Crippen molar-refractivity contribution in [1.82, 2.24) is 29.8 Å². The maximum Gasteiger partial charge on any atom is 0.308 e. The number of aromatic nitrogens is 6. The van der Waals surface area contributed by atoms with Crippen molar-refractivity contribution in [3.8, 4) is 22.5 Å². The van der Waals surface area contributed by atoms with Gasteiger partial charge < -0.3 is 19.0 Å². The summed E-state index contributed by atoms with van der Waals surface area (Å²) in [6, 6.07) is 15.0. The van der Waals surface area contributed by atoms with E-state index >= 15 is 0 Å². The Morgan fingerprint density at radius 2 is 1.63 bits per heavy atom. The number of halogens is 1. The average molecular weight is 657 g/mol. The third-order valence-corrected chi connectivity index (χ3v) is 6.95. The molecule has 0 spiro atoms. The van der Waals surface area contributed by atoms with E-state index in [-0.39, 0.29) is 30.4 Å². The fraction of sp³-hybridized carbons (Fsp3) is 0.357. The molecular formula is C28H29ClN8O9. The Hall–Kier alpha value is -5.45. The minimum atomic E-state index is -0.982. The van der Waals surface area contributed by atoms with Crippen LogP contribution in [0.2, 0.25) is 5.15 Å². The summed E-state index contributed by atoms with van der Waals surface area (Å²) in [6.07, 6.45) is 1.87. The number of ether oxygens (including phenoxy) is 1. The lowest BCUT2D eigenvalue weighted by atomic mass is 9.98. The van der Waals surface area contributed by atoms with E-state index in [1.807, 2.05) is 41.0 Å². The number of carbonyl (C=O) groups is 2. The molecular weight excluding hydrogens is 628 g/mol. The normalized spacial score (nSPS) is 10.8. The Labute approximate surface area is 266 Å². The van der Waals surface area contributed by atoms with E-state index in [1.165, 1.54) is 0 Å². The number of tetrazole rings is 1. The summed E-state index contributed by atoms with van der Waals surface area (Å²) in [5, 5.41) is 30.9. The van der Waals surface area contributed by atoms with Crippen LogP contribution in [0.25, 0.3) is 22.5 Å². The summed E-state index contributed by atoms with van der Waals surface area (Å²) >= 11 is 6.45. The third-order valence-electron chi connectivity index (χ3n) is 6.65. The molecule has 0 atom stereocenters. The Morgan fingerprint density at radius 3 is 2.30 bits per heavy atom. The molecule has 0 unspecified atom stereocenters. The number of esters is 1. The first-order valence-electron chi connectivity index (χ1n) is 14.1. The van der Waals surface area contributed by atoms with Crippen molar-refractivity contribution >= 4 is 23.5 Å². The van der Waals surface area contributed by atoms with Gasteiger partial charge in [-0.1, -0.05) is 78.3 Å². The summed E-state index contributed by atoms with van der Waals surface area (Å²) in [4.78, 5) is 58.7. The van der Waals surface area contributed by atoms with Gasteiger partial charge in [-0.15, -0.1) is 30.4 Å². The van der Waals surface area contributed by atoms with Crippen molar-refractivity contribution in [2.45, 2.75) is 52.2 Å². The molecule has 0 aliphatic rings. The number of benzene rings is 2. The van der Waals surface area contributed by atoms with Crippen LogP contribution in [0.5, 0.6) is 0 Å². The highest BCUT2D eigenvalue weighted by Gasteiger charge is 2.19. The minimum absolute atomic E-state index is 0.167. The predicted octanol–water partition coefficient (Wildman–Crippen LogP) is 4.13. The molecule has 0 N–H and O–H groups in total. The van der Waals surface area contributed by atoms with E-state index in [2.05, 4.69) is 37.0 Å². The molecule has 0 saturated heterocycles. The molecule has 2 heterocycles. The number of rotatable bonds is 17. The van der Waals surface area contributed by atoms with Gasteiger partial charge in [0, 0.05) is 18.5 Å². The van der Waals surface area contributed by atoms with E-state index in [4.69, 9.17) is 16.3 Å². The lowest BCUT2D eigenvalue weighted by Gasteiger charge is -2.14. The average Bonchev–Trinajstić information content (AvgIpc) is 3.64. The molecule has 0 amide bonds. The van der Waals surface area contributed by atoms with Crippen molar-refractivity contribution in [1.29, 1.82) is 0 Å². The number of aryl methyl sites for hydroxylation is 1. The number of carbonyl (C=O) groups excluding carboxylic acids is 2. The van der Waals surface area contributed by atoms with Gasteiger partial charge in [0.1, 0.15) is 25.6 Å². The quantitative estimate of drug-likeness (QED) is 0.0890. The summed E-state index contributed by atoms with van der Waals surface area (Å²) in [7, 11) is 0. The fourth-order valence-electron chi connectivity index (χ4n) is 4.42. The molecule has 0 radical (unpaired) electrons. The van der Waals surface area contributed by atoms with E-state index in [0.29, 0.717) is 24.2 Å². The predicted molar refractivity (Wildman–Crippen MR) is 159 cm³/mol. The van der Waals surface area contributed by atoms with E-state index in [9.17, 15) is 29.8 Å². The number of hydrogen-bond acceptors (Lipinski definition) is 13. The number of unbranched alkanes of at least 4 members (excludes halogenated alkanes) is 1. The highest BCUT2D eigenvalue weighted by Crippen LogP contribution is 2.30. The first-order valence-corrected chi connectivity index (χ1v) is 14.5. The molecule has 18 heteroatoms. The van der Waals surface area contributed by atoms with Gasteiger partial charge in [0.15, 0.2) is 5.15 Å². The van der Waals surface area contributed by atoms with Gasteiger partial charge in [0.25, 0.3) is 16.1 Å². The van der Waals surface area contributed by atoms with Crippen LogP contribution in [-0.2, 0) is 38.8 Å². The second kappa shape index (κ2) is 16.0. The highest BCUT2D eigenvalue weighted by molar-refractivity contribution is 6.30. The molecule has 2 aromatic heterocycles. The maximum absolute atomic E-state index is 12.3. The molecule has 17 nitrogen and oxygen atoms in total. The molecule has 0 bridgehead atoms. The van der Waals surface area contributed by atoms with Gasteiger partial charge in [0.2, 0.25) is 5.82 Å². The van der Waals surface area contributed by atoms with E-state index in [0.717, 1.165) is 40.2 Å². The number of nitrogens with zero attached hydrogens (tertiary/aromatic N) is 8. The molecule has 0 aliphatic carbocycles. The summed E-state index contributed by atoms with van der Waals surface area (Å²) in [5.74, 6) is -0.358. The van der Waals surface area contributed by atoms with Crippen LogP contribution in [0.1, 0.15) is 54.5 Å². The fourth-order valence-corrected chi connectivity index (χ4v) is 4.67. The largest absolute Gasteiger partial charge is 0.459 e. The monoisotopic (exact) mass is 656 g/mol. The molecule has 242 valence electrons. The lowest BCUT2D eigenvalue weighted by Crippen LogP contribution is -2.17. The van der Waals surface area contributed by atoms with Crippen LogP contribution in [0.3, 0.4) is 0 Å². The molecule has 0 fully saturated rings. The molecule has 46 heavy (non-hydrogen) atoms. The van der Waals surface area contributed by atoms with Gasteiger partial charge in [-0.2, -0.15) is 0 Å². The van der Waals surface area contributed by atoms with Gasteiger partial charge in [0.05, 0.1) is 18.5 Å². The Morgan fingerprint density at radius 1 is 0.957 bits per heavy atom. The van der Waals surface area contributed by atoms with E-state index < -0.39 is 35.3 Å². The first kappa shape index (κ1) is 33.4. The zero-order valence-electron chi connectivity index (χ0n) is 24.6. The molecule has 4 aromatic rings. The summed E-state index contributed by atoms with van der Waals surface area (Å²) in [5.41, 5.74) is 3.64. The third kappa shape index (κ3) is 9.04. The van der Waals surface area contributed by atoms with Gasteiger partial charge in [-0.05, 0) is 28.3 Å². The Bertz CT molecular complexity index is 1690. The van der Waals surface area contributed by atoms with Crippen LogP contribution in [-0.4, -0.2) is 65.0 Å². The van der Waals surface area contributed by atoms with Crippen molar-refractivity contribution in [2.75, 3.05) is 13.2 Å². The van der Waals surface area contributed by atoms with E-state index in [1.54, 1.807) is 12.1 Å². The van der Waals surface area contributed by atoms with Gasteiger partial charge in [-0.25, -0.2) is 4.98 Å². The minimum Gasteiger partial charge on any atom is -0.459 e. The van der Waals surface area contributed by atoms with Crippen molar-refractivity contribution in [3.63, 3.8) is 0 Å². The second-order valence-electron chi connectivity index (χ2n) is 9.77. The van der Waals surface area contributed by atoms with Crippen LogP contribution >= 0.6 is 11.6 Å². The number of imidazole rings is 1. The highest BCUT2D eigenvalue weighted by atomic mass is 35.5. The molecule has 0 aliphatic heterocycles.